The van der Waals surface area contributed by atoms with Gasteiger partial charge in [-0.1, -0.05) is 11.1 Å². The van der Waals surface area contributed by atoms with Gasteiger partial charge >= 0.3 is 0 Å². The summed E-state index contributed by atoms with van der Waals surface area (Å²) in [5.74, 6) is 2.27. The molecule has 1 aromatic heterocycles. The molecule has 4 nitrogen and oxygen atoms in total. The number of oxime groups is 1. The van der Waals surface area contributed by atoms with Gasteiger partial charge in [0.2, 0.25) is 0 Å². The molecule has 0 bridgehead atoms. The van der Waals surface area contributed by atoms with Gasteiger partial charge < -0.3 is 10.0 Å². The summed E-state index contributed by atoms with van der Waals surface area (Å²) < 4.78 is 0.694. The molecule has 0 spiro atoms. The standard InChI is InChI=1S/C9H8N2O2/c1-2-7-13-10-8-9-3-5-11(12)6-4-9/h1,3-6,8H,7H2/b10-8+. The zero-order valence-corrected chi connectivity index (χ0v) is 6.88. The Bertz CT molecular complexity index is 324. The van der Waals surface area contributed by atoms with Crippen molar-refractivity contribution in [2.45, 2.75) is 0 Å². The van der Waals surface area contributed by atoms with E-state index in [4.69, 9.17) is 6.42 Å². The molecule has 0 saturated heterocycles. The highest BCUT2D eigenvalue weighted by Gasteiger charge is 1.89. The fraction of sp³-hybridized carbons (Fsp3) is 0.111. The second kappa shape index (κ2) is 4.78. The summed E-state index contributed by atoms with van der Waals surface area (Å²) in [6.07, 6.45) is 9.17. The summed E-state index contributed by atoms with van der Waals surface area (Å²) in [4.78, 5) is 4.67. The zero-order chi connectivity index (χ0) is 9.52. The van der Waals surface area contributed by atoms with Crippen molar-refractivity contribution in [1.29, 1.82) is 0 Å². The zero-order valence-electron chi connectivity index (χ0n) is 6.88. The monoisotopic (exact) mass is 176 g/mol. The van der Waals surface area contributed by atoms with Crippen molar-refractivity contribution < 1.29 is 9.57 Å². The summed E-state index contributed by atoms with van der Waals surface area (Å²) in [7, 11) is 0. The predicted molar refractivity (Wildman–Crippen MR) is 47.8 cm³/mol. The summed E-state index contributed by atoms with van der Waals surface area (Å²) in [5.41, 5.74) is 0.782. The van der Waals surface area contributed by atoms with Gasteiger partial charge in [-0.15, -0.1) is 6.42 Å². The highest BCUT2D eigenvalue weighted by Crippen LogP contribution is 1.90. The van der Waals surface area contributed by atoms with E-state index in [1.165, 1.54) is 18.6 Å². The van der Waals surface area contributed by atoms with Gasteiger partial charge in [-0.2, -0.15) is 4.73 Å². The van der Waals surface area contributed by atoms with Crippen molar-refractivity contribution in [2.24, 2.45) is 5.16 Å². The molecule has 1 aromatic rings. The van der Waals surface area contributed by atoms with Crippen LogP contribution in [-0.2, 0) is 4.84 Å². The smallest absolute Gasteiger partial charge is 0.181 e. The van der Waals surface area contributed by atoms with E-state index in [0.29, 0.717) is 4.73 Å². The maximum atomic E-state index is 10.6. The molecule has 13 heavy (non-hydrogen) atoms. The molecule has 0 N–H and O–H groups in total. The number of nitrogens with zero attached hydrogens (tertiary/aromatic N) is 2. The van der Waals surface area contributed by atoms with Crippen molar-refractivity contribution in [3.05, 3.63) is 35.3 Å². The first-order valence-electron chi connectivity index (χ1n) is 3.60. The van der Waals surface area contributed by atoms with Crippen molar-refractivity contribution in [2.75, 3.05) is 6.61 Å². The summed E-state index contributed by atoms with van der Waals surface area (Å²) in [6.45, 7) is 0.144. The van der Waals surface area contributed by atoms with E-state index in [9.17, 15) is 5.21 Å². The third-order valence-corrected chi connectivity index (χ3v) is 1.25. The SMILES string of the molecule is C#CCO/N=C/c1cc[n+]([O-])cc1. The first-order valence-corrected chi connectivity index (χ1v) is 3.60. The molecule has 0 radical (unpaired) electrons. The van der Waals surface area contributed by atoms with Gasteiger partial charge in [-0.3, -0.25) is 0 Å². The number of terminal acetylenes is 1. The molecule has 0 saturated carbocycles. The van der Waals surface area contributed by atoms with E-state index in [1.54, 1.807) is 12.1 Å². The van der Waals surface area contributed by atoms with Gasteiger partial charge in [0.05, 0.1) is 6.21 Å². The number of hydrogen-bond acceptors (Lipinski definition) is 3. The Labute approximate surface area is 76.0 Å². The number of hydrogen-bond donors (Lipinski definition) is 0. The lowest BCUT2D eigenvalue weighted by Crippen LogP contribution is -2.23. The second-order valence-electron chi connectivity index (χ2n) is 2.20. The predicted octanol–water partition coefficient (Wildman–Crippen LogP) is 0.304. The normalized spacial score (nSPS) is 9.77. The molecule has 0 atom stereocenters. The number of rotatable bonds is 3. The lowest BCUT2D eigenvalue weighted by atomic mass is 10.3. The molecule has 0 fully saturated rings. The van der Waals surface area contributed by atoms with Crippen molar-refractivity contribution in [1.82, 2.24) is 0 Å². The topological polar surface area (TPSA) is 48.5 Å². The van der Waals surface area contributed by atoms with Crippen LogP contribution < -0.4 is 4.73 Å². The van der Waals surface area contributed by atoms with E-state index >= 15 is 0 Å². The Morgan fingerprint density at radius 1 is 1.62 bits per heavy atom. The Hall–Kier alpha value is -2.02. The largest absolute Gasteiger partial charge is 0.619 e. The maximum Gasteiger partial charge on any atom is 0.181 e. The number of pyridine rings is 1. The molecule has 4 heteroatoms. The van der Waals surface area contributed by atoms with Crippen LogP contribution in [0.5, 0.6) is 0 Å². The van der Waals surface area contributed by atoms with E-state index in [2.05, 4.69) is 15.9 Å². The average Bonchev–Trinajstić information content (AvgIpc) is 2.15. The van der Waals surface area contributed by atoms with Crippen molar-refractivity contribution in [3.8, 4) is 12.3 Å². The van der Waals surface area contributed by atoms with Crippen LogP contribution in [0.4, 0.5) is 0 Å². The Balaban J connectivity index is 2.50. The molecule has 1 rings (SSSR count). The van der Waals surface area contributed by atoms with Crippen molar-refractivity contribution >= 4 is 6.21 Å². The minimum absolute atomic E-state index is 0.144. The third kappa shape index (κ3) is 3.25. The Kier molecular flexibility index (Phi) is 3.33. The first-order chi connectivity index (χ1) is 6.33. The quantitative estimate of drug-likeness (QED) is 0.166. The van der Waals surface area contributed by atoms with Gasteiger partial charge in [0.25, 0.3) is 0 Å². The highest BCUT2D eigenvalue weighted by atomic mass is 16.6. The molecular formula is C9H8N2O2. The van der Waals surface area contributed by atoms with Crippen molar-refractivity contribution in [3.63, 3.8) is 0 Å². The van der Waals surface area contributed by atoms with Gasteiger partial charge in [-0.25, -0.2) is 0 Å². The van der Waals surface area contributed by atoms with Crippen LogP contribution in [-0.4, -0.2) is 12.8 Å². The van der Waals surface area contributed by atoms with E-state index in [1.807, 2.05) is 0 Å². The van der Waals surface area contributed by atoms with Crippen LogP contribution >= 0.6 is 0 Å². The number of aromatic nitrogens is 1. The lowest BCUT2D eigenvalue weighted by molar-refractivity contribution is -0.605. The van der Waals surface area contributed by atoms with Crippen LogP contribution in [0, 0.1) is 17.6 Å². The van der Waals surface area contributed by atoms with Crippen LogP contribution in [0.25, 0.3) is 0 Å². The van der Waals surface area contributed by atoms with Crippen LogP contribution in [0.15, 0.2) is 29.7 Å². The van der Waals surface area contributed by atoms with Crippen LogP contribution in [0.1, 0.15) is 5.56 Å². The van der Waals surface area contributed by atoms with Gasteiger partial charge in [0, 0.05) is 17.7 Å². The Morgan fingerprint density at radius 2 is 2.31 bits per heavy atom. The molecule has 0 amide bonds. The molecule has 0 aromatic carbocycles. The van der Waals surface area contributed by atoms with E-state index in [0.717, 1.165) is 5.56 Å². The molecule has 0 aliphatic rings. The molecule has 1 heterocycles. The fourth-order valence-electron chi connectivity index (χ4n) is 0.683. The average molecular weight is 176 g/mol. The van der Waals surface area contributed by atoms with E-state index in [-0.39, 0.29) is 6.61 Å². The minimum Gasteiger partial charge on any atom is -0.619 e. The van der Waals surface area contributed by atoms with Gasteiger partial charge in [0.15, 0.2) is 19.0 Å². The van der Waals surface area contributed by atoms with Gasteiger partial charge in [0.1, 0.15) is 0 Å². The Morgan fingerprint density at radius 3 is 2.92 bits per heavy atom. The van der Waals surface area contributed by atoms with Gasteiger partial charge in [-0.05, 0) is 0 Å². The molecular weight excluding hydrogens is 168 g/mol. The lowest BCUT2D eigenvalue weighted by Gasteiger charge is -1.94. The summed E-state index contributed by atoms with van der Waals surface area (Å²) in [6, 6.07) is 3.24. The third-order valence-electron chi connectivity index (χ3n) is 1.25. The minimum atomic E-state index is 0.144. The molecule has 0 unspecified atom stereocenters. The fourth-order valence-corrected chi connectivity index (χ4v) is 0.683. The first kappa shape index (κ1) is 9.07. The summed E-state index contributed by atoms with van der Waals surface area (Å²) in [5, 5.41) is 14.2. The molecule has 66 valence electrons. The maximum absolute atomic E-state index is 10.6. The molecule has 0 aliphatic carbocycles. The summed E-state index contributed by atoms with van der Waals surface area (Å²) >= 11 is 0. The second-order valence-corrected chi connectivity index (χ2v) is 2.20. The van der Waals surface area contributed by atoms with Crippen LogP contribution in [0.3, 0.4) is 0 Å². The van der Waals surface area contributed by atoms with Crippen LogP contribution in [0.2, 0.25) is 0 Å². The van der Waals surface area contributed by atoms with E-state index < -0.39 is 0 Å². The molecule has 0 aliphatic heterocycles. The highest BCUT2D eigenvalue weighted by molar-refractivity contribution is 5.78.